The number of carbonyl (C=O) groups excluding carboxylic acids is 1. The Morgan fingerprint density at radius 1 is 1.39 bits per heavy atom. The number of aliphatic hydroxyl groups is 2. The second-order valence-electron chi connectivity index (χ2n) is 8.72. The molecule has 2 rings (SSSR count). The van der Waals surface area contributed by atoms with Crippen molar-refractivity contribution in [1.82, 2.24) is 0 Å². The van der Waals surface area contributed by atoms with E-state index in [1.165, 1.54) is 0 Å². The lowest BCUT2D eigenvalue weighted by Gasteiger charge is -2.42. The Bertz CT molecular complexity index is 521. The molecule has 2 N–H and O–H groups in total. The molecule has 0 bridgehead atoms. The highest BCUT2D eigenvalue weighted by Crippen LogP contribution is 2.57. The molecular weight excluding hydrogens is 288 g/mol. The molecule has 0 aliphatic heterocycles. The summed E-state index contributed by atoms with van der Waals surface area (Å²) < 4.78 is 0. The molecule has 0 aromatic rings. The third-order valence-corrected chi connectivity index (χ3v) is 5.97. The fourth-order valence-corrected chi connectivity index (χ4v) is 4.45. The van der Waals surface area contributed by atoms with Crippen molar-refractivity contribution in [3.8, 4) is 0 Å². The molecule has 2 aliphatic rings. The summed E-state index contributed by atoms with van der Waals surface area (Å²) in [5.41, 5.74) is -0.519. The lowest BCUT2D eigenvalue weighted by atomic mass is 9.64. The van der Waals surface area contributed by atoms with Crippen LogP contribution in [0, 0.1) is 17.3 Å². The fraction of sp³-hybridized carbons (Fsp3) is 0.750. The average Bonchev–Trinajstić information content (AvgIpc) is 2.73. The molecule has 23 heavy (non-hydrogen) atoms. The van der Waals surface area contributed by atoms with E-state index in [2.05, 4.69) is 13.0 Å². The minimum Gasteiger partial charge on any atom is -0.390 e. The first kappa shape index (κ1) is 18.4. The lowest BCUT2D eigenvalue weighted by Crippen LogP contribution is -2.41. The van der Waals surface area contributed by atoms with Crippen LogP contribution in [0.3, 0.4) is 0 Å². The molecule has 3 nitrogen and oxygen atoms in total. The molecule has 3 heteroatoms. The number of hydrogen-bond acceptors (Lipinski definition) is 3. The van der Waals surface area contributed by atoms with Gasteiger partial charge in [-0.2, -0.15) is 0 Å². The molecule has 4 unspecified atom stereocenters. The van der Waals surface area contributed by atoms with Gasteiger partial charge in [0.15, 0.2) is 5.78 Å². The predicted molar refractivity (Wildman–Crippen MR) is 93.0 cm³/mol. The third kappa shape index (κ3) is 4.13. The van der Waals surface area contributed by atoms with Crippen LogP contribution >= 0.6 is 0 Å². The van der Waals surface area contributed by atoms with Gasteiger partial charge in [0.05, 0.1) is 11.2 Å². The molecule has 0 aromatic carbocycles. The normalized spacial score (nSPS) is 34.1. The summed E-state index contributed by atoms with van der Waals surface area (Å²) in [4.78, 5) is 11.8. The first-order valence-corrected chi connectivity index (χ1v) is 8.77. The van der Waals surface area contributed by atoms with Crippen molar-refractivity contribution in [3.63, 3.8) is 0 Å². The van der Waals surface area contributed by atoms with E-state index >= 15 is 0 Å². The summed E-state index contributed by atoms with van der Waals surface area (Å²) >= 11 is 0. The molecule has 4 atom stereocenters. The van der Waals surface area contributed by atoms with E-state index in [0.29, 0.717) is 12.3 Å². The van der Waals surface area contributed by atoms with Crippen molar-refractivity contribution in [2.45, 2.75) is 77.9 Å². The van der Waals surface area contributed by atoms with E-state index in [1.54, 1.807) is 26.8 Å². The van der Waals surface area contributed by atoms with E-state index in [-0.39, 0.29) is 17.1 Å². The zero-order chi connectivity index (χ0) is 17.5. The van der Waals surface area contributed by atoms with Crippen LogP contribution in [0.5, 0.6) is 0 Å². The molecule has 130 valence electrons. The van der Waals surface area contributed by atoms with Crippen LogP contribution in [-0.2, 0) is 4.79 Å². The maximum Gasteiger partial charge on any atom is 0.155 e. The number of ketones is 1. The molecule has 1 fully saturated rings. The van der Waals surface area contributed by atoms with Crippen molar-refractivity contribution in [2.24, 2.45) is 17.3 Å². The van der Waals surface area contributed by atoms with Crippen LogP contribution in [0.1, 0.15) is 66.7 Å². The van der Waals surface area contributed by atoms with Gasteiger partial charge in [0.2, 0.25) is 0 Å². The summed E-state index contributed by atoms with van der Waals surface area (Å²) in [6.45, 7) is 9.31. The van der Waals surface area contributed by atoms with E-state index < -0.39 is 11.2 Å². The molecule has 0 saturated heterocycles. The van der Waals surface area contributed by atoms with Crippen LogP contribution < -0.4 is 0 Å². The molecule has 1 saturated carbocycles. The topological polar surface area (TPSA) is 57.5 Å². The SMILES string of the molecule is CC(=O)C1=CCC2(C)CCC(C(C)(O)CC=CC(C)(C)O)C2C1. The smallest absolute Gasteiger partial charge is 0.155 e. The summed E-state index contributed by atoms with van der Waals surface area (Å²) in [5, 5.41) is 20.8. The van der Waals surface area contributed by atoms with Gasteiger partial charge in [-0.05, 0) is 82.6 Å². The Morgan fingerprint density at radius 3 is 2.61 bits per heavy atom. The van der Waals surface area contributed by atoms with Gasteiger partial charge in [0, 0.05) is 0 Å². The van der Waals surface area contributed by atoms with Gasteiger partial charge in [-0.1, -0.05) is 25.2 Å². The second kappa shape index (κ2) is 6.18. The number of Topliss-reactive ketones (excluding diaryl/α,β-unsaturated/α-hetero) is 1. The summed E-state index contributed by atoms with van der Waals surface area (Å²) in [5.74, 6) is 0.721. The van der Waals surface area contributed by atoms with E-state index in [0.717, 1.165) is 31.3 Å². The average molecular weight is 320 g/mol. The Morgan fingerprint density at radius 2 is 2.04 bits per heavy atom. The van der Waals surface area contributed by atoms with Crippen LogP contribution in [0.25, 0.3) is 0 Å². The van der Waals surface area contributed by atoms with E-state index in [9.17, 15) is 15.0 Å². The number of hydrogen-bond donors (Lipinski definition) is 2. The Kier molecular flexibility index (Phi) is 4.94. The van der Waals surface area contributed by atoms with Crippen LogP contribution in [0.4, 0.5) is 0 Å². The van der Waals surface area contributed by atoms with Crippen LogP contribution in [0.15, 0.2) is 23.8 Å². The van der Waals surface area contributed by atoms with Crippen molar-refractivity contribution >= 4 is 5.78 Å². The first-order valence-electron chi connectivity index (χ1n) is 8.77. The van der Waals surface area contributed by atoms with Gasteiger partial charge in [-0.25, -0.2) is 0 Å². The standard InChI is InChI=1S/C20H32O3/c1-14(21)15-7-11-19(4)12-8-16(17(19)13-15)20(5,23)10-6-9-18(2,3)22/h6-7,9,16-17,22-23H,8,10-13H2,1-5H3. The quantitative estimate of drug-likeness (QED) is 0.758. The van der Waals surface area contributed by atoms with Crippen molar-refractivity contribution in [2.75, 3.05) is 0 Å². The number of rotatable bonds is 5. The molecule has 0 amide bonds. The molecular formula is C20H32O3. The lowest BCUT2D eigenvalue weighted by molar-refractivity contribution is -0.114. The summed E-state index contributed by atoms with van der Waals surface area (Å²) in [7, 11) is 0. The minimum atomic E-state index is -0.852. The predicted octanol–water partition coefficient (Wildman–Crippen LogP) is 3.80. The highest BCUT2D eigenvalue weighted by molar-refractivity contribution is 5.93. The zero-order valence-corrected chi connectivity index (χ0v) is 15.2. The monoisotopic (exact) mass is 320 g/mol. The number of fused-ring (bicyclic) bond motifs is 1. The van der Waals surface area contributed by atoms with Gasteiger partial charge in [-0.3, -0.25) is 4.79 Å². The number of carbonyl (C=O) groups is 1. The maximum absolute atomic E-state index is 11.8. The summed E-state index contributed by atoms with van der Waals surface area (Å²) in [6.07, 6.45) is 10.1. The molecule has 2 aliphatic carbocycles. The fourth-order valence-electron chi connectivity index (χ4n) is 4.45. The third-order valence-electron chi connectivity index (χ3n) is 5.97. The second-order valence-corrected chi connectivity index (χ2v) is 8.72. The molecule has 0 radical (unpaired) electrons. The minimum absolute atomic E-state index is 0.166. The Hall–Kier alpha value is -0.930. The Balaban J connectivity index is 2.15. The highest BCUT2D eigenvalue weighted by Gasteiger charge is 2.51. The molecule has 0 aromatic heterocycles. The van der Waals surface area contributed by atoms with Crippen LogP contribution in [0.2, 0.25) is 0 Å². The summed E-state index contributed by atoms with van der Waals surface area (Å²) in [6, 6.07) is 0. The van der Waals surface area contributed by atoms with Crippen molar-refractivity contribution < 1.29 is 15.0 Å². The highest BCUT2D eigenvalue weighted by atomic mass is 16.3. The van der Waals surface area contributed by atoms with Gasteiger partial charge in [-0.15, -0.1) is 0 Å². The number of allylic oxidation sites excluding steroid dienone is 2. The van der Waals surface area contributed by atoms with Gasteiger partial charge in [0.25, 0.3) is 0 Å². The van der Waals surface area contributed by atoms with Crippen molar-refractivity contribution in [3.05, 3.63) is 23.8 Å². The largest absolute Gasteiger partial charge is 0.390 e. The maximum atomic E-state index is 11.8. The van der Waals surface area contributed by atoms with E-state index in [4.69, 9.17) is 0 Å². The molecule has 0 heterocycles. The van der Waals surface area contributed by atoms with Gasteiger partial charge >= 0.3 is 0 Å². The molecule has 0 spiro atoms. The Labute approximate surface area is 140 Å². The first-order chi connectivity index (χ1) is 10.4. The van der Waals surface area contributed by atoms with E-state index in [1.807, 2.05) is 13.0 Å². The van der Waals surface area contributed by atoms with Crippen molar-refractivity contribution in [1.29, 1.82) is 0 Å². The zero-order valence-electron chi connectivity index (χ0n) is 15.2. The van der Waals surface area contributed by atoms with Gasteiger partial charge in [0.1, 0.15) is 0 Å². The van der Waals surface area contributed by atoms with Crippen LogP contribution in [-0.4, -0.2) is 27.2 Å². The van der Waals surface area contributed by atoms with Gasteiger partial charge < -0.3 is 10.2 Å².